The van der Waals surface area contributed by atoms with Crippen LogP contribution in [0, 0.1) is 6.92 Å². The van der Waals surface area contributed by atoms with Crippen LogP contribution < -0.4 is 5.32 Å². The maximum atomic E-state index is 12.2. The minimum Gasteiger partial charge on any atom is -0.480 e. The van der Waals surface area contributed by atoms with Crippen LogP contribution in [0.2, 0.25) is 0 Å². The van der Waals surface area contributed by atoms with E-state index in [9.17, 15) is 9.59 Å². The zero-order valence-electron chi connectivity index (χ0n) is 10.5. The summed E-state index contributed by atoms with van der Waals surface area (Å²) >= 11 is 2.74. The van der Waals surface area contributed by atoms with E-state index in [0.717, 1.165) is 5.01 Å². The van der Waals surface area contributed by atoms with Gasteiger partial charge in [0.15, 0.2) is 0 Å². The Morgan fingerprint density at radius 1 is 1.53 bits per heavy atom. The number of carbonyl (C=O) groups excluding carboxylic acids is 1. The normalized spacial score (nSPS) is 22.5. The maximum absolute atomic E-state index is 12.2. The summed E-state index contributed by atoms with van der Waals surface area (Å²) in [4.78, 5) is 24.7. The second-order valence-electron chi connectivity index (χ2n) is 4.01. The summed E-state index contributed by atoms with van der Waals surface area (Å²) in [6.07, 6.45) is 0.705. The molecule has 0 radical (unpaired) electrons. The van der Waals surface area contributed by atoms with E-state index < -0.39 is 18.0 Å². The van der Waals surface area contributed by atoms with Crippen LogP contribution in [0.15, 0.2) is 0 Å². The third-order valence-corrected chi connectivity index (χ3v) is 4.91. The van der Waals surface area contributed by atoms with Gasteiger partial charge < -0.3 is 5.11 Å². The molecule has 2 atom stereocenters. The van der Waals surface area contributed by atoms with Gasteiger partial charge in [-0.15, -0.1) is 22.0 Å². The third-order valence-electron chi connectivity index (χ3n) is 2.70. The topological polar surface area (TPSA) is 95.4 Å². The Labute approximate surface area is 118 Å². The van der Waals surface area contributed by atoms with Crippen LogP contribution in [-0.4, -0.2) is 49.4 Å². The summed E-state index contributed by atoms with van der Waals surface area (Å²) in [5.41, 5.74) is 0. The fourth-order valence-electron chi connectivity index (χ4n) is 1.84. The minimum absolute atomic E-state index is 0.116. The van der Waals surface area contributed by atoms with Crippen molar-refractivity contribution in [3.05, 3.63) is 5.01 Å². The maximum Gasteiger partial charge on any atom is 0.327 e. The number of carboxylic acids is 1. The molecule has 9 heteroatoms. The molecule has 2 unspecified atom stereocenters. The zero-order valence-corrected chi connectivity index (χ0v) is 12.1. The second-order valence-corrected chi connectivity index (χ2v) is 6.41. The van der Waals surface area contributed by atoms with Crippen molar-refractivity contribution in [2.24, 2.45) is 0 Å². The molecule has 0 aromatic carbocycles. The van der Waals surface area contributed by atoms with Crippen LogP contribution in [0.5, 0.6) is 0 Å². The first-order valence-electron chi connectivity index (χ1n) is 5.76. The molecule has 0 spiro atoms. The molecule has 19 heavy (non-hydrogen) atoms. The van der Waals surface area contributed by atoms with E-state index in [2.05, 4.69) is 15.5 Å². The molecule has 0 bridgehead atoms. The van der Waals surface area contributed by atoms with Gasteiger partial charge in [0.05, 0.1) is 5.37 Å². The summed E-state index contributed by atoms with van der Waals surface area (Å²) in [7, 11) is 0. The van der Waals surface area contributed by atoms with E-state index in [4.69, 9.17) is 5.11 Å². The van der Waals surface area contributed by atoms with Gasteiger partial charge in [-0.3, -0.25) is 10.2 Å². The summed E-state index contributed by atoms with van der Waals surface area (Å²) in [5.74, 6) is -0.566. The number of nitrogens with zero attached hydrogens (tertiary/aromatic N) is 3. The Balaban J connectivity index is 2.12. The predicted octanol–water partition coefficient (Wildman–Crippen LogP) is 1.62. The van der Waals surface area contributed by atoms with Crippen molar-refractivity contribution in [2.45, 2.75) is 31.7 Å². The van der Waals surface area contributed by atoms with Crippen LogP contribution >= 0.6 is 23.1 Å². The number of rotatable bonds is 3. The van der Waals surface area contributed by atoms with Gasteiger partial charge in [-0.05, 0) is 13.3 Å². The fourth-order valence-corrected chi connectivity index (χ4v) is 3.77. The van der Waals surface area contributed by atoms with E-state index in [1.54, 1.807) is 6.92 Å². The third kappa shape index (κ3) is 2.98. The van der Waals surface area contributed by atoms with Crippen LogP contribution in [0.3, 0.4) is 0 Å². The molecule has 0 aliphatic carbocycles. The molecule has 1 fully saturated rings. The molecule has 1 aliphatic heterocycles. The number of urea groups is 1. The molecule has 7 nitrogen and oxygen atoms in total. The predicted molar refractivity (Wildman–Crippen MR) is 73.5 cm³/mol. The van der Waals surface area contributed by atoms with Crippen LogP contribution in [-0.2, 0) is 4.79 Å². The molecular formula is C10H14N4O3S2. The average Bonchev–Trinajstić information content (AvgIpc) is 2.94. The number of hydrogen-bond acceptors (Lipinski definition) is 6. The molecule has 1 aliphatic rings. The Hall–Kier alpha value is -1.35. The summed E-state index contributed by atoms with van der Waals surface area (Å²) in [6.45, 7) is 3.71. The van der Waals surface area contributed by atoms with Gasteiger partial charge in [-0.2, -0.15) is 0 Å². The molecule has 2 N–H and O–H groups in total. The van der Waals surface area contributed by atoms with Crippen molar-refractivity contribution >= 4 is 40.2 Å². The number of aromatic nitrogens is 2. The molecule has 104 valence electrons. The second kappa shape index (κ2) is 5.74. The van der Waals surface area contributed by atoms with Crippen molar-refractivity contribution in [1.82, 2.24) is 15.1 Å². The van der Waals surface area contributed by atoms with Gasteiger partial charge in [-0.25, -0.2) is 9.59 Å². The smallest absolute Gasteiger partial charge is 0.327 e. The number of aliphatic carboxylic acids is 1. The monoisotopic (exact) mass is 302 g/mol. The number of thioether (sulfide) groups is 1. The van der Waals surface area contributed by atoms with Gasteiger partial charge in [0.25, 0.3) is 0 Å². The average molecular weight is 302 g/mol. The Kier molecular flexibility index (Phi) is 4.25. The van der Waals surface area contributed by atoms with Gasteiger partial charge >= 0.3 is 12.0 Å². The molecule has 1 saturated heterocycles. The number of anilines is 1. The molecule has 2 rings (SSSR count). The quantitative estimate of drug-likeness (QED) is 0.881. The largest absolute Gasteiger partial charge is 0.480 e. The Morgan fingerprint density at radius 2 is 2.26 bits per heavy atom. The highest BCUT2D eigenvalue weighted by atomic mass is 32.2. The highest BCUT2D eigenvalue weighted by Gasteiger charge is 2.41. The van der Waals surface area contributed by atoms with Gasteiger partial charge in [0.2, 0.25) is 5.13 Å². The summed E-state index contributed by atoms with van der Waals surface area (Å²) < 4.78 is 0. The van der Waals surface area contributed by atoms with Crippen molar-refractivity contribution < 1.29 is 14.7 Å². The highest BCUT2D eigenvalue weighted by Crippen LogP contribution is 2.32. The summed E-state index contributed by atoms with van der Waals surface area (Å²) in [6, 6.07) is -1.22. The summed E-state index contributed by atoms with van der Waals surface area (Å²) in [5, 5.41) is 20.4. The van der Waals surface area contributed by atoms with Gasteiger partial charge in [-0.1, -0.05) is 18.3 Å². The molecule has 1 aromatic rings. The van der Waals surface area contributed by atoms with Crippen molar-refractivity contribution in [1.29, 1.82) is 0 Å². The van der Waals surface area contributed by atoms with E-state index in [-0.39, 0.29) is 5.37 Å². The number of aryl methyl sites for hydroxylation is 1. The van der Waals surface area contributed by atoms with E-state index in [1.807, 2.05) is 6.92 Å². The van der Waals surface area contributed by atoms with Crippen molar-refractivity contribution in [2.75, 3.05) is 11.1 Å². The van der Waals surface area contributed by atoms with E-state index >= 15 is 0 Å². The Bertz CT molecular complexity index is 493. The molecule has 0 saturated carbocycles. The van der Waals surface area contributed by atoms with Gasteiger partial charge in [0, 0.05) is 5.75 Å². The minimum atomic E-state index is -0.980. The molecule has 1 aromatic heterocycles. The lowest BCUT2D eigenvalue weighted by atomic mass is 10.3. The molecule has 2 heterocycles. The lowest BCUT2D eigenvalue weighted by Crippen LogP contribution is -2.47. The zero-order chi connectivity index (χ0) is 14.0. The highest BCUT2D eigenvalue weighted by molar-refractivity contribution is 8.00. The Morgan fingerprint density at radius 3 is 2.79 bits per heavy atom. The fraction of sp³-hybridized carbons (Fsp3) is 0.600. The SMILES string of the molecule is CCC1SCC(C(=O)O)N1C(=O)Nc1nnc(C)s1. The van der Waals surface area contributed by atoms with E-state index in [0.29, 0.717) is 17.3 Å². The van der Waals surface area contributed by atoms with Crippen molar-refractivity contribution in [3.63, 3.8) is 0 Å². The lowest BCUT2D eigenvalue weighted by Gasteiger charge is -2.26. The van der Waals surface area contributed by atoms with Crippen LogP contribution in [0.1, 0.15) is 18.4 Å². The number of carbonyl (C=O) groups is 2. The first-order valence-corrected chi connectivity index (χ1v) is 7.63. The lowest BCUT2D eigenvalue weighted by molar-refractivity contribution is -0.141. The first-order chi connectivity index (χ1) is 9.02. The van der Waals surface area contributed by atoms with Crippen LogP contribution in [0.4, 0.5) is 9.93 Å². The van der Waals surface area contributed by atoms with Gasteiger partial charge in [0.1, 0.15) is 11.0 Å². The first kappa shape index (κ1) is 14.1. The number of amides is 2. The number of carboxylic acid groups (broad SMARTS) is 1. The standard InChI is InChI=1S/C10H14N4O3S2/c1-3-7-14(6(4-18-7)8(15)16)10(17)11-9-13-12-5(2)19-9/h6-7H,3-4H2,1-2H3,(H,15,16)(H,11,13,17). The van der Waals surface area contributed by atoms with Crippen LogP contribution in [0.25, 0.3) is 0 Å². The van der Waals surface area contributed by atoms with Crippen molar-refractivity contribution in [3.8, 4) is 0 Å². The molecular weight excluding hydrogens is 288 g/mol. The van der Waals surface area contributed by atoms with E-state index in [1.165, 1.54) is 28.0 Å². The molecule has 2 amide bonds. The number of hydrogen-bond donors (Lipinski definition) is 2. The number of nitrogens with one attached hydrogen (secondary N) is 1.